The number of rotatable bonds is 4. The second-order valence-electron chi connectivity index (χ2n) is 3.11. The molecule has 0 saturated carbocycles. The molecule has 0 aromatic carbocycles. The first-order chi connectivity index (χ1) is 7.13. The lowest BCUT2D eigenvalue weighted by atomic mass is 10.2. The summed E-state index contributed by atoms with van der Waals surface area (Å²) in [6.45, 7) is 2.29. The maximum Gasteiger partial charge on any atom is 0.253 e. The van der Waals surface area contributed by atoms with E-state index in [2.05, 4.69) is 10.3 Å². The molecule has 0 radical (unpaired) electrons. The molecule has 0 aliphatic carbocycles. The molecule has 1 heterocycles. The standard InChI is InChI=1S/C10H12ClFN2O/c1-2-8(11)5-14-10(15)7-3-9(12)6-13-4-7/h3-4,6,8H,2,5H2,1H3,(H,14,15). The van der Waals surface area contributed by atoms with Crippen LogP contribution >= 0.6 is 11.6 Å². The van der Waals surface area contributed by atoms with Crippen LogP contribution in [0.25, 0.3) is 0 Å². The molecule has 1 rings (SSSR count). The minimum absolute atomic E-state index is 0.101. The van der Waals surface area contributed by atoms with Gasteiger partial charge in [-0.3, -0.25) is 9.78 Å². The zero-order valence-electron chi connectivity index (χ0n) is 8.34. The van der Waals surface area contributed by atoms with Crippen molar-refractivity contribution in [1.82, 2.24) is 10.3 Å². The summed E-state index contributed by atoms with van der Waals surface area (Å²) in [5, 5.41) is 2.50. The van der Waals surface area contributed by atoms with Gasteiger partial charge in [0.15, 0.2) is 0 Å². The lowest BCUT2D eigenvalue weighted by Gasteiger charge is -2.08. The number of carbonyl (C=O) groups excluding carboxylic acids is 1. The number of halogens is 2. The van der Waals surface area contributed by atoms with Gasteiger partial charge in [-0.25, -0.2) is 4.39 Å². The molecule has 0 fully saturated rings. The number of carbonyl (C=O) groups is 1. The van der Waals surface area contributed by atoms with Crippen LogP contribution < -0.4 is 5.32 Å². The fourth-order valence-electron chi connectivity index (χ4n) is 0.986. The average molecular weight is 231 g/mol. The van der Waals surface area contributed by atoms with E-state index in [0.717, 1.165) is 18.7 Å². The van der Waals surface area contributed by atoms with Crippen LogP contribution in [0.2, 0.25) is 0 Å². The summed E-state index contributed by atoms with van der Waals surface area (Å²) >= 11 is 5.82. The van der Waals surface area contributed by atoms with Gasteiger partial charge in [-0.15, -0.1) is 11.6 Å². The van der Waals surface area contributed by atoms with E-state index in [4.69, 9.17) is 11.6 Å². The molecule has 1 amide bonds. The maximum atomic E-state index is 12.7. The van der Waals surface area contributed by atoms with Crippen LogP contribution in [0.15, 0.2) is 18.5 Å². The van der Waals surface area contributed by atoms with E-state index in [1.54, 1.807) is 0 Å². The molecule has 0 aliphatic rings. The van der Waals surface area contributed by atoms with Crippen molar-refractivity contribution < 1.29 is 9.18 Å². The van der Waals surface area contributed by atoms with Crippen LogP contribution in [-0.4, -0.2) is 22.8 Å². The van der Waals surface area contributed by atoms with Crippen molar-refractivity contribution >= 4 is 17.5 Å². The second kappa shape index (κ2) is 5.66. The molecular weight excluding hydrogens is 219 g/mol. The van der Waals surface area contributed by atoms with Crippen LogP contribution in [0, 0.1) is 5.82 Å². The molecule has 1 aromatic rings. The number of hydrogen-bond donors (Lipinski definition) is 1. The van der Waals surface area contributed by atoms with Crippen molar-refractivity contribution in [1.29, 1.82) is 0 Å². The highest BCUT2D eigenvalue weighted by Gasteiger charge is 2.08. The van der Waals surface area contributed by atoms with E-state index < -0.39 is 5.82 Å². The highest BCUT2D eigenvalue weighted by atomic mass is 35.5. The number of nitrogens with zero attached hydrogens (tertiary/aromatic N) is 1. The van der Waals surface area contributed by atoms with E-state index in [1.165, 1.54) is 6.20 Å². The van der Waals surface area contributed by atoms with Crippen molar-refractivity contribution in [3.05, 3.63) is 29.8 Å². The van der Waals surface area contributed by atoms with Gasteiger partial charge >= 0.3 is 0 Å². The van der Waals surface area contributed by atoms with Crippen molar-refractivity contribution in [2.75, 3.05) is 6.54 Å². The number of pyridine rings is 1. The van der Waals surface area contributed by atoms with Gasteiger partial charge in [0, 0.05) is 12.7 Å². The molecule has 1 atom stereocenters. The zero-order valence-corrected chi connectivity index (χ0v) is 9.09. The Morgan fingerprint density at radius 1 is 1.67 bits per heavy atom. The molecule has 0 saturated heterocycles. The minimum Gasteiger partial charge on any atom is -0.351 e. The van der Waals surface area contributed by atoms with E-state index in [9.17, 15) is 9.18 Å². The summed E-state index contributed by atoms with van der Waals surface area (Å²) in [6, 6.07) is 1.14. The second-order valence-corrected chi connectivity index (χ2v) is 3.72. The Labute approximate surface area is 92.7 Å². The van der Waals surface area contributed by atoms with Gasteiger partial charge in [0.25, 0.3) is 5.91 Å². The molecule has 5 heteroatoms. The smallest absolute Gasteiger partial charge is 0.253 e. The molecule has 3 nitrogen and oxygen atoms in total. The van der Waals surface area contributed by atoms with E-state index in [1.807, 2.05) is 6.92 Å². The molecule has 0 spiro atoms. The van der Waals surface area contributed by atoms with E-state index >= 15 is 0 Å². The third kappa shape index (κ3) is 3.83. The number of nitrogens with one attached hydrogen (secondary N) is 1. The van der Waals surface area contributed by atoms with Crippen LogP contribution in [0.1, 0.15) is 23.7 Å². The fraction of sp³-hybridized carbons (Fsp3) is 0.400. The quantitative estimate of drug-likeness (QED) is 0.804. The van der Waals surface area contributed by atoms with Gasteiger partial charge in [0.05, 0.1) is 17.1 Å². The first-order valence-electron chi connectivity index (χ1n) is 4.66. The maximum absolute atomic E-state index is 12.7. The number of aromatic nitrogens is 1. The third-order valence-corrected chi connectivity index (χ3v) is 2.36. The topological polar surface area (TPSA) is 42.0 Å². The minimum atomic E-state index is -0.527. The molecular formula is C10H12ClFN2O. The highest BCUT2D eigenvalue weighted by molar-refractivity contribution is 6.20. The number of amides is 1. The summed E-state index contributed by atoms with van der Waals surface area (Å²) in [7, 11) is 0. The predicted molar refractivity (Wildman–Crippen MR) is 56.5 cm³/mol. The zero-order chi connectivity index (χ0) is 11.3. The lowest BCUT2D eigenvalue weighted by molar-refractivity contribution is 0.0952. The monoisotopic (exact) mass is 230 g/mol. The normalized spacial score (nSPS) is 12.2. The molecule has 1 N–H and O–H groups in total. The lowest BCUT2D eigenvalue weighted by Crippen LogP contribution is -2.29. The van der Waals surface area contributed by atoms with Crippen LogP contribution in [0.5, 0.6) is 0 Å². The summed E-state index contributed by atoms with van der Waals surface area (Å²) < 4.78 is 12.7. The van der Waals surface area contributed by atoms with Crippen molar-refractivity contribution in [3.63, 3.8) is 0 Å². The van der Waals surface area contributed by atoms with Gasteiger partial charge in [-0.1, -0.05) is 6.92 Å². The molecule has 0 bridgehead atoms. The summed E-state index contributed by atoms with van der Waals surface area (Å²) in [5.41, 5.74) is 0.204. The highest BCUT2D eigenvalue weighted by Crippen LogP contribution is 2.02. The average Bonchev–Trinajstić information content (AvgIpc) is 2.25. The van der Waals surface area contributed by atoms with E-state index in [0.29, 0.717) is 6.54 Å². The molecule has 1 unspecified atom stereocenters. The Morgan fingerprint density at radius 3 is 3.00 bits per heavy atom. The third-order valence-electron chi connectivity index (χ3n) is 1.89. The van der Waals surface area contributed by atoms with Crippen molar-refractivity contribution in [2.45, 2.75) is 18.7 Å². The van der Waals surface area contributed by atoms with Crippen molar-refractivity contribution in [3.8, 4) is 0 Å². The number of hydrogen-bond acceptors (Lipinski definition) is 2. The summed E-state index contributed by atoms with van der Waals surface area (Å²) in [4.78, 5) is 15.0. The fourth-order valence-corrected chi connectivity index (χ4v) is 1.06. The van der Waals surface area contributed by atoms with E-state index in [-0.39, 0.29) is 16.8 Å². The van der Waals surface area contributed by atoms with Gasteiger partial charge < -0.3 is 5.32 Å². The molecule has 0 aliphatic heterocycles. The van der Waals surface area contributed by atoms with Crippen LogP contribution in [0.3, 0.4) is 0 Å². The first kappa shape index (κ1) is 11.9. The molecule has 15 heavy (non-hydrogen) atoms. The number of alkyl halides is 1. The predicted octanol–water partition coefficient (Wildman–Crippen LogP) is 1.97. The van der Waals surface area contributed by atoms with Crippen LogP contribution in [0.4, 0.5) is 4.39 Å². The molecule has 1 aromatic heterocycles. The van der Waals surface area contributed by atoms with Crippen LogP contribution in [-0.2, 0) is 0 Å². The Hall–Kier alpha value is -1.16. The Bertz CT molecular complexity index is 346. The van der Waals surface area contributed by atoms with Gasteiger partial charge in [-0.05, 0) is 12.5 Å². The SMILES string of the molecule is CCC(Cl)CNC(=O)c1cncc(F)c1. The summed E-state index contributed by atoms with van der Waals surface area (Å²) in [5.74, 6) is -0.887. The Balaban J connectivity index is 2.54. The Morgan fingerprint density at radius 2 is 2.40 bits per heavy atom. The molecule has 82 valence electrons. The van der Waals surface area contributed by atoms with Gasteiger partial charge in [0.1, 0.15) is 5.82 Å². The van der Waals surface area contributed by atoms with Gasteiger partial charge in [-0.2, -0.15) is 0 Å². The van der Waals surface area contributed by atoms with Gasteiger partial charge in [0.2, 0.25) is 0 Å². The van der Waals surface area contributed by atoms with Crippen molar-refractivity contribution in [2.24, 2.45) is 0 Å². The summed E-state index contributed by atoms with van der Waals surface area (Å²) in [6.07, 6.45) is 3.13. The largest absolute Gasteiger partial charge is 0.351 e. The Kier molecular flexibility index (Phi) is 4.49. The first-order valence-corrected chi connectivity index (χ1v) is 5.10.